The molecule has 6 nitrogen and oxygen atoms in total. The molecule has 0 radical (unpaired) electrons. The number of hydrogen-bond donors (Lipinski definition) is 2. The van der Waals surface area contributed by atoms with Gasteiger partial charge in [-0.3, -0.25) is 4.79 Å². The van der Waals surface area contributed by atoms with E-state index in [1.165, 1.54) is 11.2 Å². The van der Waals surface area contributed by atoms with E-state index in [-0.39, 0.29) is 5.91 Å². The summed E-state index contributed by atoms with van der Waals surface area (Å²) in [5.74, 6) is 0.359. The SMILES string of the molecule is C[NH+](C)CCCNC(=S)N1CCN(C(=O)c2ccco2)CC1. The molecular formula is C15H25N4O2S+. The molecule has 0 unspecified atom stereocenters. The average molecular weight is 325 g/mol. The smallest absolute Gasteiger partial charge is 0.289 e. The Kier molecular flexibility index (Phi) is 6.21. The molecule has 122 valence electrons. The second-order valence-corrected chi connectivity index (χ2v) is 6.19. The lowest BCUT2D eigenvalue weighted by Gasteiger charge is -2.35. The molecule has 2 N–H and O–H groups in total. The van der Waals surface area contributed by atoms with E-state index in [1.807, 2.05) is 4.90 Å². The number of carbonyl (C=O) groups is 1. The minimum atomic E-state index is -0.0440. The van der Waals surface area contributed by atoms with E-state index in [0.29, 0.717) is 18.8 Å². The van der Waals surface area contributed by atoms with Crippen LogP contribution in [0.25, 0.3) is 0 Å². The lowest BCUT2D eigenvalue weighted by Crippen LogP contribution is -3.05. The zero-order chi connectivity index (χ0) is 15.9. The van der Waals surface area contributed by atoms with E-state index in [0.717, 1.165) is 37.7 Å². The number of nitrogens with one attached hydrogen (secondary N) is 2. The Hall–Kier alpha value is -1.60. The Balaban J connectivity index is 1.70. The van der Waals surface area contributed by atoms with Gasteiger partial charge < -0.3 is 24.4 Å². The average Bonchev–Trinajstić information content (AvgIpc) is 3.05. The summed E-state index contributed by atoms with van der Waals surface area (Å²) in [5.41, 5.74) is 0. The molecule has 2 rings (SSSR count). The maximum absolute atomic E-state index is 12.2. The molecular weight excluding hydrogens is 300 g/mol. The lowest BCUT2D eigenvalue weighted by molar-refractivity contribution is -0.858. The van der Waals surface area contributed by atoms with Crippen molar-refractivity contribution in [2.24, 2.45) is 0 Å². The van der Waals surface area contributed by atoms with Crippen molar-refractivity contribution < 1.29 is 14.1 Å². The van der Waals surface area contributed by atoms with E-state index in [2.05, 4.69) is 24.3 Å². The summed E-state index contributed by atoms with van der Waals surface area (Å²) < 4.78 is 5.16. The van der Waals surface area contributed by atoms with E-state index in [4.69, 9.17) is 16.6 Å². The summed E-state index contributed by atoms with van der Waals surface area (Å²) in [6.07, 6.45) is 2.62. The predicted octanol–water partition coefficient (Wildman–Crippen LogP) is -0.553. The van der Waals surface area contributed by atoms with Gasteiger partial charge in [0.1, 0.15) is 0 Å². The van der Waals surface area contributed by atoms with Crippen LogP contribution in [-0.4, -0.2) is 74.2 Å². The van der Waals surface area contributed by atoms with Crippen LogP contribution in [0, 0.1) is 0 Å². The molecule has 7 heteroatoms. The minimum absolute atomic E-state index is 0.0440. The van der Waals surface area contributed by atoms with Gasteiger partial charge in [0.2, 0.25) is 0 Å². The summed E-state index contributed by atoms with van der Waals surface area (Å²) in [6.45, 7) is 4.89. The fraction of sp³-hybridized carbons (Fsp3) is 0.600. The third-order valence-corrected chi connectivity index (χ3v) is 4.12. The molecule has 0 atom stereocenters. The van der Waals surface area contributed by atoms with E-state index < -0.39 is 0 Å². The van der Waals surface area contributed by atoms with Crippen LogP contribution in [0.1, 0.15) is 17.0 Å². The van der Waals surface area contributed by atoms with Crippen molar-refractivity contribution >= 4 is 23.2 Å². The Labute approximate surface area is 137 Å². The molecule has 1 aliphatic heterocycles. The van der Waals surface area contributed by atoms with Gasteiger partial charge in [0.05, 0.1) is 26.9 Å². The van der Waals surface area contributed by atoms with Crippen LogP contribution >= 0.6 is 12.2 Å². The van der Waals surface area contributed by atoms with E-state index in [1.54, 1.807) is 12.1 Å². The molecule has 1 fully saturated rings. The van der Waals surface area contributed by atoms with Crippen LogP contribution in [-0.2, 0) is 0 Å². The van der Waals surface area contributed by atoms with E-state index in [9.17, 15) is 4.79 Å². The van der Waals surface area contributed by atoms with Gasteiger partial charge in [-0.05, 0) is 24.4 Å². The van der Waals surface area contributed by atoms with Gasteiger partial charge in [-0.2, -0.15) is 0 Å². The van der Waals surface area contributed by atoms with Crippen molar-refractivity contribution in [3.05, 3.63) is 24.2 Å². The van der Waals surface area contributed by atoms with E-state index >= 15 is 0 Å². The third kappa shape index (κ3) is 4.71. The minimum Gasteiger partial charge on any atom is -0.459 e. The first kappa shape index (κ1) is 16.8. The number of rotatable bonds is 5. The molecule has 1 aliphatic rings. The van der Waals surface area contributed by atoms with Gasteiger partial charge >= 0.3 is 0 Å². The molecule has 22 heavy (non-hydrogen) atoms. The first-order valence-corrected chi connectivity index (χ1v) is 8.13. The molecule has 0 bridgehead atoms. The zero-order valence-electron chi connectivity index (χ0n) is 13.3. The van der Waals surface area contributed by atoms with Crippen LogP contribution in [0.3, 0.4) is 0 Å². The van der Waals surface area contributed by atoms with Crippen molar-refractivity contribution in [2.75, 3.05) is 53.4 Å². The summed E-state index contributed by atoms with van der Waals surface area (Å²) >= 11 is 5.42. The highest BCUT2D eigenvalue weighted by Crippen LogP contribution is 2.09. The fourth-order valence-corrected chi connectivity index (χ4v) is 2.70. The summed E-state index contributed by atoms with van der Waals surface area (Å²) in [6, 6.07) is 3.44. The van der Waals surface area contributed by atoms with Gasteiger partial charge in [-0.1, -0.05) is 0 Å². The molecule has 0 aliphatic carbocycles. The summed E-state index contributed by atoms with van der Waals surface area (Å²) in [5, 5.41) is 4.09. The maximum atomic E-state index is 12.2. The summed E-state index contributed by atoms with van der Waals surface area (Å²) in [4.78, 5) is 17.6. The molecule has 1 aromatic rings. The molecule has 1 amide bonds. The number of thiocarbonyl (C=S) groups is 1. The highest BCUT2D eigenvalue weighted by molar-refractivity contribution is 7.80. The van der Waals surface area contributed by atoms with Crippen LogP contribution in [0.4, 0.5) is 0 Å². The largest absolute Gasteiger partial charge is 0.459 e. The van der Waals surface area contributed by atoms with Crippen LogP contribution in [0.15, 0.2) is 22.8 Å². The maximum Gasteiger partial charge on any atom is 0.289 e. The molecule has 1 saturated heterocycles. The van der Waals surface area contributed by atoms with Gasteiger partial charge in [0.15, 0.2) is 10.9 Å². The predicted molar refractivity (Wildman–Crippen MR) is 89.1 cm³/mol. The van der Waals surface area contributed by atoms with Crippen molar-refractivity contribution in [3.8, 4) is 0 Å². The molecule has 0 spiro atoms. The number of amides is 1. The zero-order valence-corrected chi connectivity index (χ0v) is 14.1. The number of quaternary nitrogens is 1. The highest BCUT2D eigenvalue weighted by Gasteiger charge is 2.24. The van der Waals surface area contributed by atoms with Crippen LogP contribution < -0.4 is 10.2 Å². The monoisotopic (exact) mass is 325 g/mol. The molecule has 2 heterocycles. The molecule has 1 aromatic heterocycles. The van der Waals surface area contributed by atoms with Gasteiger partial charge in [0.25, 0.3) is 5.91 Å². The lowest BCUT2D eigenvalue weighted by atomic mass is 10.3. The number of piperazine rings is 1. The van der Waals surface area contributed by atoms with Crippen molar-refractivity contribution in [1.82, 2.24) is 15.1 Å². The fourth-order valence-electron chi connectivity index (χ4n) is 2.42. The Bertz CT molecular complexity index is 482. The Morgan fingerprint density at radius 1 is 1.32 bits per heavy atom. The summed E-state index contributed by atoms with van der Waals surface area (Å²) in [7, 11) is 4.29. The van der Waals surface area contributed by atoms with Crippen molar-refractivity contribution in [1.29, 1.82) is 0 Å². The van der Waals surface area contributed by atoms with Gasteiger partial charge in [-0.25, -0.2) is 0 Å². The van der Waals surface area contributed by atoms with Crippen molar-refractivity contribution in [2.45, 2.75) is 6.42 Å². The van der Waals surface area contributed by atoms with Crippen LogP contribution in [0.2, 0.25) is 0 Å². The first-order valence-electron chi connectivity index (χ1n) is 7.72. The molecule has 0 aromatic carbocycles. The standard InChI is InChI=1S/C15H24N4O2S/c1-17(2)7-4-6-16-15(22)19-10-8-18(9-11-19)14(20)13-5-3-12-21-13/h3,5,12H,4,6-11H2,1-2H3,(H,16,22)/p+1. The number of hydrogen-bond acceptors (Lipinski definition) is 3. The quantitative estimate of drug-likeness (QED) is 0.562. The number of furan rings is 1. The van der Waals surface area contributed by atoms with Crippen molar-refractivity contribution in [3.63, 3.8) is 0 Å². The third-order valence-electron chi connectivity index (χ3n) is 3.72. The Morgan fingerprint density at radius 2 is 2.00 bits per heavy atom. The topological polar surface area (TPSA) is 53.2 Å². The molecule has 0 saturated carbocycles. The van der Waals surface area contributed by atoms with Gasteiger partial charge in [0, 0.05) is 39.1 Å². The first-order chi connectivity index (χ1) is 10.6. The number of nitrogens with zero attached hydrogens (tertiary/aromatic N) is 2. The second kappa shape index (κ2) is 8.14. The number of carbonyl (C=O) groups excluding carboxylic acids is 1. The Morgan fingerprint density at radius 3 is 2.59 bits per heavy atom. The van der Waals surface area contributed by atoms with Crippen LogP contribution in [0.5, 0.6) is 0 Å². The highest BCUT2D eigenvalue weighted by atomic mass is 32.1. The normalized spacial score (nSPS) is 15.2. The second-order valence-electron chi connectivity index (χ2n) is 5.80. The van der Waals surface area contributed by atoms with Gasteiger partial charge in [-0.15, -0.1) is 0 Å².